The predicted molar refractivity (Wildman–Crippen MR) is 81.2 cm³/mol. The predicted octanol–water partition coefficient (Wildman–Crippen LogP) is 2.27. The highest BCUT2D eigenvalue weighted by atomic mass is 16.2. The molecular weight excluding hydrogens is 262 g/mol. The number of aromatic nitrogens is 1. The summed E-state index contributed by atoms with van der Waals surface area (Å²) in [4.78, 5) is 18.6. The van der Waals surface area contributed by atoms with Crippen molar-refractivity contribution in [2.45, 2.75) is 31.5 Å². The van der Waals surface area contributed by atoms with Crippen LogP contribution in [0.15, 0.2) is 54.9 Å². The smallest absolute Gasteiger partial charge is 0.244 e. The second kappa shape index (κ2) is 6.06. The summed E-state index contributed by atoms with van der Waals surface area (Å²) in [6.07, 6.45) is 5.64. The molecule has 1 aromatic heterocycles. The Morgan fingerprint density at radius 2 is 1.86 bits per heavy atom. The molecule has 0 bridgehead atoms. The minimum Gasteiger partial charge on any atom is -0.334 e. The van der Waals surface area contributed by atoms with Gasteiger partial charge in [-0.1, -0.05) is 30.3 Å². The van der Waals surface area contributed by atoms with Gasteiger partial charge in [0, 0.05) is 25.0 Å². The van der Waals surface area contributed by atoms with Gasteiger partial charge in [0.1, 0.15) is 6.04 Å². The van der Waals surface area contributed by atoms with Crippen molar-refractivity contribution < 1.29 is 4.79 Å². The van der Waals surface area contributed by atoms with E-state index in [4.69, 9.17) is 5.73 Å². The molecule has 1 heterocycles. The summed E-state index contributed by atoms with van der Waals surface area (Å²) in [6.45, 7) is 0.604. The largest absolute Gasteiger partial charge is 0.334 e. The summed E-state index contributed by atoms with van der Waals surface area (Å²) in [6, 6.07) is 13.2. The van der Waals surface area contributed by atoms with Crippen molar-refractivity contribution >= 4 is 5.91 Å². The maximum absolute atomic E-state index is 12.7. The van der Waals surface area contributed by atoms with E-state index in [1.54, 1.807) is 12.4 Å². The highest BCUT2D eigenvalue weighted by Crippen LogP contribution is 2.30. The quantitative estimate of drug-likeness (QED) is 0.914. The van der Waals surface area contributed by atoms with Gasteiger partial charge in [0.05, 0.1) is 0 Å². The number of pyridine rings is 1. The maximum atomic E-state index is 12.7. The van der Waals surface area contributed by atoms with E-state index in [0.29, 0.717) is 12.6 Å². The van der Waals surface area contributed by atoms with Crippen molar-refractivity contribution in [3.05, 3.63) is 66.0 Å². The minimum absolute atomic E-state index is 0.000474. The third-order valence-corrected chi connectivity index (χ3v) is 3.80. The van der Waals surface area contributed by atoms with Crippen LogP contribution in [0.5, 0.6) is 0 Å². The fourth-order valence-electron chi connectivity index (χ4n) is 2.44. The topological polar surface area (TPSA) is 59.2 Å². The number of hydrogen-bond acceptors (Lipinski definition) is 3. The first-order valence-electron chi connectivity index (χ1n) is 7.25. The van der Waals surface area contributed by atoms with E-state index in [9.17, 15) is 4.79 Å². The molecule has 1 saturated carbocycles. The maximum Gasteiger partial charge on any atom is 0.244 e. The molecule has 21 heavy (non-hydrogen) atoms. The molecule has 4 nitrogen and oxygen atoms in total. The molecule has 1 atom stereocenters. The van der Waals surface area contributed by atoms with Crippen LogP contribution < -0.4 is 5.73 Å². The molecule has 2 aromatic rings. The van der Waals surface area contributed by atoms with Gasteiger partial charge in [-0.2, -0.15) is 0 Å². The first kappa shape index (κ1) is 13.8. The second-order valence-corrected chi connectivity index (χ2v) is 5.44. The third-order valence-electron chi connectivity index (χ3n) is 3.80. The van der Waals surface area contributed by atoms with Crippen molar-refractivity contribution in [1.29, 1.82) is 0 Å². The Kier molecular flexibility index (Phi) is 3.97. The second-order valence-electron chi connectivity index (χ2n) is 5.44. The lowest BCUT2D eigenvalue weighted by atomic mass is 10.1. The first-order chi connectivity index (χ1) is 10.3. The van der Waals surface area contributed by atoms with Gasteiger partial charge in [-0.15, -0.1) is 0 Å². The van der Waals surface area contributed by atoms with Gasteiger partial charge in [0.2, 0.25) is 5.91 Å². The number of carbonyl (C=O) groups excluding carboxylic acids is 1. The molecule has 3 rings (SSSR count). The molecule has 0 radical (unpaired) electrons. The van der Waals surface area contributed by atoms with E-state index in [0.717, 1.165) is 24.0 Å². The van der Waals surface area contributed by atoms with Crippen LogP contribution in [0.1, 0.15) is 30.0 Å². The summed E-state index contributed by atoms with van der Waals surface area (Å²) in [7, 11) is 0. The minimum atomic E-state index is -0.589. The normalized spacial score (nSPS) is 15.5. The Bertz CT molecular complexity index is 596. The van der Waals surface area contributed by atoms with E-state index in [1.807, 2.05) is 47.4 Å². The molecule has 1 aromatic carbocycles. The lowest BCUT2D eigenvalue weighted by Crippen LogP contribution is -2.39. The molecule has 4 heteroatoms. The average molecular weight is 281 g/mol. The van der Waals surface area contributed by atoms with Crippen molar-refractivity contribution in [3.8, 4) is 0 Å². The molecule has 1 amide bonds. The summed E-state index contributed by atoms with van der Waals surface area (Å²) in [5.74, 6) is 0.000474. The van der Waals surface area contributed by atoms with Crippen LogP contribution in [-0.2, 0) is 11.3 Å². The summed E-state index contributed by atoms with van der Waals surface area (Å²) >= 11 is 0. The number of amides is 1. The number of rotatable bonds is 5. The van der Waals surface area contributed by atoms with Gasteiger partial charge in [0.25, 0.3) is 0 Å². The van der Waals surface area contributed by atoms with Crippen LogP contribution in [0.2, 0.25) is 0 Å². The molecule has 0 spiro atoms. The van der Waals surface area contributed by atoms with E-state index >= 15 is 0 Å². The van der Waals surface area contributed by atoms with E-state index < -0.39 is 6.04 Å². The van der Waals surface area contributed by atoms with Crippen molar-refractivity contribution in [2.24, 2.45) is 5.73 Å². The van der Waals surface area contributed by atoms with Crippen LogP contribution in [0, 0.1) is 0 Å². The lowest BCUT2D eigenvalue weighted by molar-refractivity contribution is -0.134. The molecule has 0 unspecified atom stereocenters. The summed E-state index contributed by atoms with van der Waals surface area (Å²) in [5, 5.41) is 0. The van der Waals surface area contributed by atoms with Crippen LogP contribution >= 0.6 is 0 Å². The Labute approximate surface area is 124 Å². The number of carbonyl (C=O) groups is 1. The molecular formula is C17H19N3O. The average Bonchev–Trinajstić information content (AvgIpc) is 3.38. The first-order valence-corrected chi connectivity index (χ1v) is 7.25. The molecule has 0 aliphatic heterocycles. The molecule has 1 aliphatic carbocycles. The lowest BCUT2D eigenvalue weighted by Gasteiger charge is -2.26. The van der Waals surface area contributed by atoms with Crippen molar-refractivity contribution in [3.63, 3.8) is 0 Å². The van der Waals surface area contributed by atoms with Crippen LogP contribution in [0.25, 0.3) is 0 Å². The standard InChI is InChI=1S/C17H19N3O/c18-16(14-4-2-1-3-5-14)17(21)20(15-6-7-15)12-13-8-10-19-11-9-13/h1-5,8-11,15-16H,6-7,12,18H2/t16-/m0/s1. The number of benzene rings is 1. The molecule has 2 N–H and O–H groups in total. The molecule has 1 fully saturated rings. The van der Waals surface area contributed by atoms with Gasteiger partial charge in [-0.3, -0.25) is 9.78 Å². The monoisotopic (exact) mass is 281 g/mol. The number of nitrogens with zero attached hydrogens (tertiary/aromatic N) is 2. The van der Waals surface area contributed by atoms with Gasteiger partial charge in [0.15, 0.2) is 0 Å². The fraction of sp³-hybridized carbons (Fsp3) is 0.294. The zero-order chi connectivity index (χ0) is 14.7. The Morgan fingerprint density at radius 1 is 1.19 bits per heavy atom. The number of nitrogens with two attached hydrogens (primary N) is 1. The van der Waals surface area contributed by atoms with Gasteiger partial charge < -0.3 is 10.6 Å². The van der Waals surface area contributed by atoms with E-state index in [-0.39, 0.29) is 5.91 Å². The summed E-state index contributed by atoms with van der Waals surface area (Å²) < 4.78 is 0. The van der Waals surface area contributed by atoms with Crippen molar-refractivity contribution in [1.82, 2.24) is 9.88 Å². The van der Waals surface area contributed by atoms with Crippen LogP contribution in [-0.4, -0.2) is 21.8 Å². The Morgan fingerprint density at radius 3 is 2.48 bits per heavy atom. The highest BCUT2D eigenvalue weighted by molar-refractivity contribution is 5.83. The van der Waals surface area contributed by atoms with Gasteiger partial charge in [-0.25, -0.2) is 0 Å². The highest BCUT2D eigenvalue weighted by Gasteiger charge is 2.35. The molecule has 108 valence electrons. The fourth-order valence-corrected chi connectivity index (χ4v) is 2.44. The molecule has 0 saturated heterocycles. The zero-order valence-corrected chi connectivity index (χ0v) is 11.9. The SMILES string of the molecule is N[C@H](C(=O)N(Cc1ccncc1)C1CC1)c1ccccc1. The van der Waals surface area contributed by atoms with E-state index in [1.165, 1.54) is 0 Å². The zero-order valence-electron chi connectivity index (χ0n) is 11.9. The van der Waals surface area contributed by atoms with Crippen molar-refractivity contribution in [2.75, 3.05) is 0 Å². The molecule has 1 aliphatic rings. The number of hydrogen-bond donors (Lipinski definition) is 1. The van der Waals surface area contributed by atoms with Gasteiger partial charge >= 0.3 is 0 Å². The third kappa shape index (κ3) is 3.28. The van der Waals surface area contributed by atoms with Crippen LogP contribution in [0.4, 0.5) is 0 Å². The van der Waals surface area contributed by atoms with Gasteiger partial charge in [-0.05, 0) is 36.1 Å². The Balaban J connectivity index is 1.76. The van der Waals surface area contributed by atoms with Crippen LogP contribution in [0.3, 0.4) is 0 Å². The Hall–Kier alpha value is -2.20. The van der Waals surface area contributed by atoms with E-state index in [2.05, 4.69) is 4.98 Å². The summed E-state index contributed by atoms with van der Waals surface area (Å²) in [5.41, 5.74) is 8.11.